The molecule has 1 unspecified atom stereocenters. The fourth-order valence-electron chi connectivity index (χ4n) is 1.62. The summed E-state index contributed by atoms with van der Waals surface area (Å²) in [5.74, 6) is -0.0366. The van der Waals surface area contributed by atoms with Crippen LogP contribution in [0.25, 0.3) is 0 Å². The Morgan fingerprint density at radius 1 is 1.29 bits per heavy atom. The average molecular weight is 322 g/mol. The Kier molecular flexibility index (Phi) is 5.19. The van der Waals surface area contributed by atoms with Crippen molar-refractivity contribution >= 4 is 40.4 Å². The predicted octanol–water partition coefficient (Wildman–Crippen LogP) is 3.03. The van der Waals surface area contributed by atoms with Crippen molar-refractivity contribution in [3.63, 3.8) is 0 Å². The Labute approximate surface area is 132 Å². The number of rotatable bonds is 5. The van der Waals surface area contributed by atoms with E-state index < -0.39 is 0 Å². The molecule has 0 bridgehead atoms. The van der Waals surface area contributed by atoms with E-state index in [1.807, 2.05) is 57.1 Å². The number of thioether (sulfide) groups is 1. The first-order valence-corrected chi connectivity index (χ1v) is 8.20. The standard InChI is InChI=1S/C14H18N4OS2/c1-9(20-14-17-16-10(2)21-14)13(19)15-11-5-7-12(8-6-11)18(3)4/h5-9H,1-4H3,(H,15,19). The first-order chi connectivity index (χ1) is 9.95. The molecule has 0 aliphatic carbocycles. The van der Waals surface area contributed by atoms with Crippen molar-refractivity contribution in [2.75, 3.05) is 24.3 Å². The third-order valence-corrected chi connectivity index (χ3v) is 4.83. The number of aromatic nitrogens is 2. The molecule has 0 spiro atoms. The van der Waals surface area contributed by atoms with Crippen LogP contribution in [0.15, 0.2) is 28.6 Å². The number of carbonyl (C=O) groups excluding carboxylic acids is 1. The lowest BCUT2D eigenvalue weighted by molar-refractivity contribution is -0.115. The first kappa shape index (κ1) is 15.8. The van der Waals surface area contributed by atoms with Crippen molar-refractivity contribution in [2.24, 2.45) is 0 Å². The van der Waals surface area contributed by atoms with Crippen molar-refractivity contribution in [2.45, 2.75) is 23.4 Å². The first-order valence-electron chi connectivity index (χ1n) is 6.50. The van der Waals surface area contributed by atoms with Gasteiger partial charge in [0.15, 0.2) is 4.34 Å². The molecule has 7 heteroatoms. The number of benzene rings is 1. The van der Waals surface area contributed by atoms with Crippen molar-refractivity contribution in [3.8, 4) is 0 Å². The summed E-state index contributed by atoms with van der Waals surface area (Å²) < 4.78 is 0.818. The molecule has 1 heterocycles. The van der Waals surface area contributed by atoms with Gasteiger partial charge in [-0.15, -0.1) is 10.2 Å². The molecule has 0 radical (unpaired) electrons. The van der Waals surface area contributed by atoms with Gasteiger partial charge in [0.05, 0.1) is 5.25 Å². The molecule has 1 amide bonds. The zero-order valence-electron chi connectivity index (χ0n) is 12.5. The number of amides is 1. The summed E-state index contributed by atoms with van der Waals surface area (Å²) in [5, 5.41) is 11.6. The smallest absolute Gasteiger partial charge is 0.237 e. The Hall–Kier alpha value is -1.60. The van der Waals surface area contributed by atoms with Crippen LogP contribution in [0.5, 0.6) is 0 Å². The van der Waals surface area contributed by atoms with Crippen LogP contribution >= 0.6 is 23.1 Å². The van der Waals surface area contributed by atoms with Crippen LogP contribution in [0.1, 0.15) is 11.9 Å². The number of hydrogen-bond acceptors (Lipinski definition) is 6. The quantitative estimate of drug-likeness (QED) is 0.858. The molecule has 21 heavy (non-hydrogen) atoms. The lowest BCUT2D eigenvalue weighted by atomic mass is 10.2. The molecule has 5 nitrogen and oxygen atoms in total. The molecule has 0 aliphatic heterocycles. The molecule has 0 fully saturated rings. The highest BCUT2D eigenvalue weighted by Crippen LogP contribution is 2.27. The van der Waals surface area contributed by atoms with Gasteiger partial charge in [-0.3, -0.25) is 4.79 Å². The fraction of sp³-hybridized carbons (Fsp3) is 0.357. The number of hydrogen-bond donors (Lipinski definition) is 1. The van der Waals surface area contributed by atoms with E-state index in [1.54, 1.807) is 0 Å². The van der Waals surface area contributed by atoms with E-state index in [9.17, 15) is 4.79 Å². The molecule has 1 N–H and O–H groups in total. The summed E-state index contributed by atoms with van der Waals surface area (Å²) in [6.07, 6.45) is 0. The normalized spacial score (nSPS) is 12.0. The summed E-state index contributed by atoms with van der Waals surface area (Å²) >= 11 is 2.92. The van der Waals surface area contributed by atoms with Crippen LogP contribution in [-0.2, 0) is 4.79 Å². The van der Waals surface area contributed by atoms with Crippen LogP contribution in [-0.4, -0.2) is 35.4 Å². The summed E-state index contributed by atoms with van der Waals surface area (Å²) in [5.41, 5.74) is 1.89. The van der Waals surface area contributed by atoms with Gasteiger partial charge in [-0.2, -0.15) is 0 Å². The topological polar surface area (TPSA) is 58.1 Å². The monoisotopic (exact) mass is 322 g/mol. The second-order valence-electron chi connectivity index (χ2n) is 4.78. The number of aryl methyl sites for hydroxylation is 1. The Morgan fingerprint density at radius 3 is 2.48 bits per heavy atom. The molecule has 0 saturated carbocycles. The Morgan fingerprint density at radius 2 is 1.95 bits per heavy atom. The highest BCUT2D eigenvalue weighted by Gasteiger charge is 2.16. The molecule has 112 valence electrons. The number of nitrogens with zero attached hydrogens (tertiary/aromatic N) is 3. The van der Waals surface area contributed by atoms with Crippen molar-refractivity contribution in [3.05, 3.63) is 29.3 Å². The SMILES string of the molecule is Cc1nnc(SC(C)C(=O)Nc2ccc(N(C)C)cc2)s1. The zero-order chi connectivity index (χ0) is 15.4. The molecule has 2 rings (SSSR count). The van der Waals surface area contributed by atoms with Crippen LogP contribution < -0.4 is 10.2 Å². The fourth-order valence-corrected chi connectivity index (χ4v) is 3.58. The van der Waals surface area contributed by atoms with Crippen LogP contribution in [0.4, 0.5) is 11.4 Å². The lowest BCUT2D eigenvalue weighted by Crippen LogP contribution is -2.22. The molecule has 1 atom stereocenters. The summed E-state index contributed by atoms with van der Waals surface area (Å²) in [4.78, 5) is 14.2. The highest BCUT2D eigenvalue weighted by atomic mass is 32.2. The number of anilines is 2. The van der Waals surface area contributed by atoms with Gasteiger partial charge in [0, 0.05) is 25.5 Å². The Balaban J connectivity index is 1.93. The van der Waals surface area contributed by atoms with Gasteiger partial charge in [0.1, 0.15) is 5.01 Å². The largest absolute Gasteiger partial charge is 0.378 e. The molecule has 1 aromatic carbocycles. The minimum atomic E-state index is -0.217. The summed E-state index contributed by atoms with van der Waals surface area (Å²) in [6, 6.07) is 7.75. The van der Waals surface area contributed by atoms with Gasteiger partial charge >= 0.3 is 0 Å². The molecule has 0 aliphatic rings. The van der Waals surface area contributed by atoms with Gasteiger partial charge < -0.3 is 10.2 Å². The maximum atomic E-state index is 12.2. The van der Waals surface area contributed by atoms with E-state index in [0.717, 1.165) is 20.7 Å². The minimum Gasteiger partial charge on any atom is -0.378 e. The van der Waals surface area contributed by atoms with Crippen LogP contribution in [0.3, 0.4) is 0 Å². The van der Waals surface area contributed by atoms with E-state index in [2.05, 4.69) is 15.5 Å². The van der Waals surface area contributed by atoms with E-state index in [4.69, 9.17) is 0 Å². The van der Waals surface area contributed by atoms with E-state index >= 15 is 0 Å². The van der Waals surface area contributed by atoms with Crippen LogP contribution in [0.2, 0.25) is 0 Å². The van der Waals surface area contributed by atoms with Crippen molar-refractivity contribution in [1.29, 1.82) is 0 Å². The molecule has 0 saturated heterocycles. The van der Waals surface area contributed by atoms with E-state index in [1.165, 1.54) is 23.1 Å². The summed E-state index contributed by atoms with van der Waals surface area (Å²) in [7, 11) is 3.96. The second kappa shape index (κ2) is 6.91. The second-order valence-corrected chi connectivity index (χ2v) is 7.55. The third-order valence-electron chi connectivity index (χ3n) is 2.81. The third kappa shape index (κ3) is 4.44. The number of nitrogens with one attached hydrogen (secondary N) is 1. The van der Waals surface area contributed by atoms with E-state index in [-0.39, 0.29) is 11.2 Å². The van der Waals surface area contributed by atoms with Crippen molar-refractivity contribution < 1.29 is 4.79 Å². The summed E-state index contributed by atoms with van der Waals surface area (Å²) in [6.45, 7) is 3.77. The molecular weight excluding hydrogens is 304 g/mol. The van der Waals surface area contributed by atoms with Gasteiger partial charge in [-0.25, -0.2) is 0 Å². The van der Waals surface area contributed by atoms with Gasteiger partial charge in [0.25, 0.3) is 0 Å². The Bertz CT molecular complexity index is 610. The maximum absolute atomic E-state index is 12.2. The number of carbonyl (C=O) groups is 1. The zero-order valence-corrected chi connectivity index (χ0v) is 14.1. The maximum Gasteiger partial charge on any atom is 0.237 e. The highest BCUT2D eigenvalue weighted by molar-refractivity contribution is 8.02. The van der Waals surface area contributed by atoms with Crippen molar-refractivity contribution in [1.82, 2.24) is 10.2 Å². The predicted molar refractivity (Wildman–Crippen MR) is 89.4 cm³/mol. The molecule has 2 aromatic rings. The van der Waals surface area contributed by atoms with Gasteiger partial charge in [0.2, 0.25) is 5.91 Å². The minimum absolute atomic E-state index is 0.0366. The van der Waals surface area contributed by atoms with Crippen LogP contribution in [0, 0.1) is 6.92 Å². The average Bonchev–Trinajstić information content (AvgIpc) is 2.84. The molecule has 1 aromatic heterocycles. The molecular formula is C14H18N4OS2. The van der Waals surface area contributed by atoms with E-state index in [0.29, 0.717) is 0 Å². The lowest BCUT2D eigenvalue weighted by Gasteiger charge is -2.14. The van der Waals surface area contributed by atoms with Gasteiger partial charge in [-0.1, -0.05) is 23.1 Å². The van der Waals surface area contributed by atoms with Gasteiger partial charge in [-0.05, 0) is 38.1 Å².